The smallest absolute Gasteiger partial charge is 0.191 e. The third-order valence-corrected chi connectivity index (χ3v) is 5.18. The lowest BCUT2D eigenvalue weighted by molar-refractivity contribution is 0.390. The Bertz CT molecular complexity index is 916. The van der Waals surface area contributed by atoms with E-state index in [0.29, 0.717) is 23.9 Å². The second kappa shape index (κ2) is 11.9. The van der Waals surface area contributed by atoms with Crippen molar-refractivity contribution in [2.75, 3.05) is 27.0 Å². The molecule has 7 nitrogen and oxygen atoms in total. The van der Waals surface area contributed by atoms with Crippen LogP contribution < -0.4 is 20.1 Å². The van der Waals surface area contributed by atoms with Crippen LogP contribution in [0.5, 0.6) is 11.5 Å². The summed E-state index contributed by atoms with van der Waals surface area (Å²) in [6, 6.07) is 12.4. The molecule has 0 unspecified atom stereocenters. The zero-order valence-electron chi connectivity index (χ0n) is 17.1. The van der Waals surface area contributed by atoms with E-state index in [1.165, 1.54) is 6.26 Å². The number of benzene rings is 2. The highest BCUT2D eigenvalue weighted by Gasteiger charge is 2.08. The molecule has 0 bridgehead atoms. The second-order valence-electron chi connectivity index (χ2n) is 6.14. The van der Waals surface area contributed by atoms with E-state index < -0.39 is 9.84 Å². The number of hydrogen-bond acceptors (Lipinski definition) is 5. The number of hydrogen-bond donors (Lipinski definition) is 2. The molecule has 0 spiro atoms. The molecule has 29 heavy (non-hydrogen) atoms. The van der Waals surface area contributed by atoms with Gasteiger partial charge in [-0.05, 0) is 36.8 Å². The monoisotopic (exact) mass is 533 g/mol. The van der Waals surface area contributed by atoms with Crippen LogP contribution in [0.25, 0.3) is 0 Å². The molecule has 0 amide bonds. The Kier molecular flexibility index (Phi) is 10.2. The maximum Gasteiger partial charge on any atom is 0.191 e. The van der Waals surface area contributed by atoms with Crippen molar-refractivity contribution in [1.82, 2.24) is 10.6 Å². The van der Waals surface area contributed by atoms with Crippen LogP contribution in [0.3, 0.4) is 0 Å². The van der Waals surface area contributed by atoms with E-state index in [0.717, 1.165) is 29.2 Å². The summed E-state index contributed by atoms with van der Waals surface area (Å²) < 4.78 is 33.7. The zero-order valence-corrected chi connectivity index (χ0v) is 20.2. The Morgan fingerprint density at radius 3 is 2.28 bits per heavy atom. The summed E-state index contributed by atoms with van der Waals surface area (Å²) in [7, 11) is 0.0472. The van der Waals surface area contributed by atoms with Crippen LogP contribution in [0.4, 0.5) is 0 Å². The van der Waals surface area contributed by atoms with Crippen molar-refractivity contribution >= 4 is 39.8 Å². The quantitative estimate of drug-likeness (QED) is 0.308. The molecular weight excluding hydrogens is 505 g/mol. The number of ether oxygens (including phenoxy) is 2. The van der Waals surface area contributed by atoms with Gasteiger partial charge in [-0.2, -0.15) is 0 Å². The lowest BCUT2D eigenvalue weighted by Gasteiger charge is -2.14. The predicted octanol–water partition coefficient (Wildman–Crippen LogP) is 2.98. The Hall–Kier alpha value is -2.01. The number of guanidine groups is 1. The normalized spacial score (nSPS) is 11.4. The first-order valence-electron chi connectivity index (χ1n) is 8.89. The van der Waals surface area contributed by atoms with Crippen LogP contribution in [0.1, 0.15) is 18.1 Å². The van der Waals surface area contributed by atoms with Gasteiger partial charge in [0.2, 0.25) is 0 Å². The molecule has 2 aromatic carbocycles. The average molecular weight is 533 g/mol. The number of aliphatic imine (C=N–C) groups is 1. The van der Waals surface area contributed by atoms with Gasteiger partial charge < -0.3 is 20.1 Å². The van der Waals surface area contributed by atoms with Gasteiger partial charge in [0.05, 0.1) is 25.7 Å². The molecular formula is C20H28IN3O4S. The summed E-state index contributed by atoms with van der Waals surface area (Å²) in [6.07, 6.45) is 1.20. The van der Waals surface area contributed by atoms with E-state index in [1.54, 1.807) is 38.5 Å². The van der Waals surface area contributed by atoms with Crippen molar-refractivity contribution in [1.29, 1.82) is 0 Å². The highest BCUT2D eigenvalue weighted by molar-refractivity contribution is 14.0. The maximum atomic E-state index is 11.5. The van der Waals surface area contributed by atoms with E-state index in [4.69, 9.17) is 9.47 Å². The number of sulfone groups is 1. The molecule has 0 heterocycles. The summed E-state index contributed by atoms with van der Waals surface area (Å²) in [5.41, 5.74) is 1.90. The molecule has 0 fully saturated rings. The summed E-state index contributed by atoms with van der Waals surface area (Å²) >= 11 is 0. The standard InChI is InChI=1S/C20H27N3O4S.HI/c1-5-21-20(22-13-15-6-10-18(11-7-15)28(4,24)25)23-14-16-8-9-17(26-2)12-19(16)27-3;/h6-12H,5,13-14H2,1-4H3,(H2,21,22,23);1H. The third-order valence-electron chi connectivity index (χ3n) is 4.06. The summed E-state index contributed by atoms with van der Waals surface area (Å²) in [4.78, 5) is 4.86. The fraction of sp³-hybridized carbons (Fsp3) is 0.350. The minimum Gasteiger partial charge on any atom is -0.497 e. The van der Waals surface area contributed by atoms with E-state index in [9.17, 15) is 8.42 Å². The maximum absolute atomic E-state index is 11.5. The zero-order chi connectivity index (χ0) is 20.6. The van der Waals surface area contributed by atoms with Crippen molar-refractivity contribution < 1.29 is 17.9 Å². The summed E-state index contributed by atoms with van der Waals surface area (Å²) in [5.74, 6) is 2.13. The van der Waals surface area contributed by atoms with Gasteiger partial charge in [0.15, 0.2) is 15.8 Å². The molecule has 0 atom stereocenters. The molecule has 2 rings (SSSR count). The molecule has 0 aliphatic rings. The molecule has 0 aromatic heterocycles. The average Bonchev–Trinajstić information content (AvgIpc) is 2.69. The van der Waals surface area contributed by atoms with Crippen LogP contribution in [-0.2, 0) is 22.9 Å². The number of halogens is 1. The molecule has 160 valence electrons. The molecule has 0 saturated carbocycles. The molecule has 0 saturated heterocycles. The lowest BCUT2D eigenvalue weighted by atomic mass is 10.2. The molecule has 2 N–H and O–H groups in total. The SMILES string of the molecule is CCNC(=NCc1ccc(S(C)(=O)=O)cc1)NCc1ccc(OC)cc1OC.I. The predicted molar refractivity (Wildman–Crippen MR) is 126 cm³/mol. The Morgan fingerprint density at radius 2 is 1.72 bits per heavy atom. The van der Waals surface area contributed by atoms with Crippen molar-refractivity contribution in [3.8, 4) is 11.5 Å². The summed E-state index contributed by atoms with van der Waals surface area (Å²) in [6.45, 7) is 3.68. The van der Waals surface area contributed by atoms with Gasteiger partial charge in [-0.1, -0.05) is 12.1 Å². The van der Waals surface area contributed by atoms with E-state index >= 15 is 0 Å². The van der Waals surface area contributed by atoms with Crippen LogP contribution in [-0.4, -0.2) is 41.4 Å². The van der Waals surface area contributed by atoms with Crippen molar-refractivity contribution in [2.24, 2.45) is 4.99 Å². The van der Waals surface area contributed by atoms with Gasteiger partial charge in [-0.15, -0.1) is 24.0 Å². The molecule has 0 aliphatic heterocycles. The second-order valence-corrected chi connectivity index (χ2v) is 8.16. The van der Waals surface area contributed by atoms with Crippen LogP contribution in [0, 0.1) is 0 Å². The third kappa shape index (κ3) is 7.73. The van der Waals surface area contributed by atoms with E-state index in [2.05, 4.69) is 15.6 Å². The van der Waals surface area contributed by atoms with Gasteiger partial charge in [-0.25, -0.2) is 13.4 Å². The minimum absolute atomic E-state index is 0. The topological polar surface area (TPSA) is 89.0 Å². The van der Waals surface area contributed by atoms with Crippen molar-refractivity contribution in [2.45, 2.75) is 24.9 Å². The van der Waals surface area contributed by atoms with Gasteiger partial charge in [0.25, 0.3) is 0 Å². The lowest BCUT2D eigenvalue weighted by Crippen LogP contribution is -2.36. The molecule has 9 heteroatoms. The Balaban J connectivity index is 0.00000420. The highest BCUT2D eigenvalue weighted by atomic mass is 127. The van der Waals surface area contributed by atoms with Crippen molar-refractivity contribution in [3.05, 3.63) is 53.6 Å². The number of methoxy groups -OCH3 is 2. The van der Waals surface area contributed by atoms with Crippen LogP contribution in [0.15, 0.2) is 52.4 Å². The number of nitrogens with one attached hydrogen (secondary N) is 2. The van der Waals surface area contributed by atoms with E-state index in [1.807, 2.05) is 25.1 Å². The van der Waals surface area contributed by atoms with Gasteiger partial charge in [0.1, 0.15) is 11.5 Å². The largest absolute Gasteiger partial charge is 0.497 e. The highest BCUT2D eigenvalue weighted by Crippen LogP contribution is 2.24. The fourth-order valence-electron chi connectivity index (χ4n) is 2.53. The van der Waals surface area contributed by atoms with Crippen LogP contribution in [0.2, 0.25) is 0 Å². The Morgan fingerprint density at radius 1 is 1.03 bits per heavy atom. The fourth-order valence-corrected chi connectivity index (χ4v) is 3.16. The summed E-state index contributed by atoms with van der Waals surface area (Å²) in [5, 5.41) is 6.47. The first-order valence-corrected chi connectivity index (χ1v) is 10.8. The molecule has 0 radical (unpaired) electrons. The Labute approximate surface area is 189 Å². The van der Waals surface area contributed by atoms with Gasteiger partial charge in [0, 0.05) is 31.0 Å². The van der Waals surface area contributed by atoms with Gasteiger partial charge in [-0.3, -0.25) is 0 Å². The first kappa shape index (κ1) is 25.0. The molecule has 0 aliphatic carbocycles. The van der Waals surface area contributed by atoms with Crippen molar-refractivity contribution in [3.63, 3.8) is 0 Å². The minimum atomic E-state index is -3.19. The molecule has 2 aromatic rings. The van der Waals surface area contributed by atoms with E-state index in [-0.39, 0.29) is 24.0 Å². The van der Waals surface area contributed by atoms with Gasteiger partial charge >= 0.3 is 0 Å². The number of nitrogens with zero attached hydrogens (tertiary/aromatic N) is 1. The number of rotatable bonds is 8. The van der Waals surface area contributed by atoms with Crippen LogP contribution >= 0.6 is 24.0 Å². The first-order chi connectivity index (χ1) is 13.4.